The van der Waals surface area contributed by atoms with Gasteiger partial charge in [-0.05, 0) is 54.8 Å². The quantitative estimate of drug-likeness (QED) is 0.552. The molecule has 6 nitrogen and oxygen atoms in total. The van der Waals surface area contributed by atoms with Crippen LogP contribution in [0.15, 0.2) is 78.9 Å². The summed E-state index contributed by atoms with van der Waals surface area (Å²) in [5, 5.41) is 5.34. The molecular weight excluding hydrogens is 404 g/mol. The van der Waals surface area contributed by atoms with Gasteiger partial charge in [0.25, 0.3) is 5.91 Å². The number of imide groups is 1. The number of hydrogen-bond acceptors (Lipinski definition) is 4. The molecule has 0 radical (unpaired) electrons. The van der Waals surface area contributed by atoms with Crippen LogP contribution in [0.25, 0.3) is 0 Å². The molecule has 0 aromatic heterocycles. The summed E-state index contributed by atoms with van der Waals surface area (Å²) in [6.07, 6.45) is 1.38. The predicted octanol–water partition coefficient (Wildman–Crippen LogP) is 4.82. The van der Waals surface area contributed by atoms with Crippen molar-refractivity contribution in [2.45, 2.75) is 31.6 Å². The lowest BCUT2D eigenvalue weighted by Crippen LogP contribution is -2.51. The Kier molecular flexibility index (Phi) is 6.03. The lowest BCUT2D eigenvalue weighted by Gasteiger charge is -2.35. The Morgan fingerprint density at radius 2 is 1.66 bits per heavy atom. The normalized spacial score (nSPS) is 18.0. The monoisotopic (exact) mass is 428 g/mol. The molecule has 32 heavy (non-hydrogen) atoms. The first kappa shape index (κ1) is 21.3. The van der Waals surface area contributed by atoms with Crippen LogP contribution in [0.4, 0.5) is 5.69 Å². The summed E-state index contributed by atoms with van der Waals surface area (Å²) in [6, 6.07) is 23.5. The minimum Gasteiger partial charge on any atom is -0.457 e. The van der Waals surface area contributed by atoms with Gasteiger partial charge in [0, 0.05) is 12.1 Å². The second-order valence-electron chi connectivity index (χ2n) is 7.76. The minimum absolute atomic E-state index is 0.237. The summed E-state index contributed by atoms with van der Waals surface area (Å²) in [7, 11) is 0. The summed E-state index contributed by atoms with van der Waals surface area (Å²) in [6.45, 7) is 1.94. The number of nitrogens with one attached hydrogen (secondary N) is 2. The van der Waals surface area contributed by atoms with Crippen molar-refractivity contribution in [3.8, 4) is 11.5 Å². The maximum absolute atomic E-state index is 12.9. The molecular formula is C26H24N2O4. The van der Waals surface area contributed by atoms with Crippen molar-refractivity contribution < 1.29 is 19.1 Å². The van der Waals surface area contributed by atoms with E-state index in [4.69, 9.17) is 4.74 Å². The SMILES string of the molecule is CCC1(c2ccc(NC(=O)c3ccccc3Oc3ccccc3)cc2)CCC(=O)NC1=O. The highest BCUT2D eigenvalue weighted by Crippen LogP contribution is 2.36. The Hall–Kier alpha value is -3.93. The van der Waals surface area contributed by atoms with Crippen molar-refractivity contribution in [2.75, 3.05) is 5.32 Å². The minimum atomic E-state index is -0.730. The lowest BCUT2D eigenvalue weighted by atomic mass is 9.72. The molecule has 1 aliphatic rings. The van der Waals surface area contributed by atoms with E-state index in [1.165, 1.54) is 0 Å². The van der Waals surface area contributed by atoms with E-state index >= 15 is 0 Å². The van der Waals surface area contributed by atoms with E-state index in [9.17, 15) is 14.4 Å². The number of para-hydroxylation sites is 2. The van der Waals surface area contributed by atoms with Crippen molar-refractivity contribution >= 4 is 23.4 Å². The molecule has 0 saturated carbocycles. The highest BCUT2D eigenvalue weighted by molar-refractivity contribution is 6.06. The highest BCUT2D eigenvalue weighted by Gasteiger charge is 2.42. The molecule has 1 saturated heterocycles. The Balaban J connectivity index is 1.52. The zero-order valence-electron chi connectivity index (χ0n) is 17.8. The summed E-state index contributed by atoms with van der Waals surface area (Å²) in [5.41, 5.74) is 1.12. The Bertz CT molecular complexity index is 1140. The molecule has 3 aromatic rings. The van der Waals surface area contributed by atoms with Gasteiger partial charge in [-0.2, -0.15) is 0 Å². The van der Waals surface area contributed by atoms with Gasteiger partial charge >= 0.3 is 0 Å². The third-order valence-electron chi connectivity index (χ3n) is 5.87. The molecule has 1 heterocycles. The summed E-state index contributed by atoms with van der Waals surface area (Å²) < 4.78 is 5.88. The standard InChI is InChI=1S/C26H24N2O4/c1-2-26(17-16-23(29)28-25(26)31)18-12-14-19(15-13-18)27-24(30)21-10-6-7-11-22(21)32-20-8-4-3-5-9-20/h3-15H,2,16-17H2,1H3,(H,27,30)(H,28,29,31). The van der Waals surface area contributed by atoms with E-state index < -0.39 is 5.41 Å². The van der Waals surface area contributed by atoms with Crippen LogP contribution in [0.3, 0.4) is 0 Å². The maximum atomic E-state index is 12.9. The average Bonchev–Trinajstić information content (AvgIpc) is 2.81. The second-order valence-corrected chi connectivity index (χ2v) is 7.76. The second kappa shape index (κ2) is 9.06. The molecule has 0 bridgehead atoms. The first-order valence-electron chi connectivity index (χ1n) is 10.6. The van der Waals surface area contributed by atoms with Crippen LogP contribution in [-0.2, 0) is 15.0 Å². The molecule has 3 amide bonds. The van der Waals surface area contributed by atoms with E-state index in [1.807, 2.05) is 55.5 Å². The zero-order chi connectivity index (χ0) is 22.6. The van der Waals surface area contributed by atoms with E-state index in [2.05, 4.69) is 10.6 Å². The van der Waals surface area contributed by atoms with Gasteiger partial charge in [-0.15, -0.1) is 0 Å². The fourth-order valence-corrected chi connectivity index (χ4v) is 4.00. The van der Waals surface area contributed by atoms with Gasteiger partial charge in [0.05, 0.1) is 11.0 Å². The van der Waals surface area contributed by atoms with Crippen LogP contribution >= 0.6 is 0 Å². The van der Waals surface area contributed by atoms with E-state index in [-0.39, 0.29) is 17.7 Å². The van der Waals surface area contributed by atoms with Crippen LogP contribution in [0.5, 0.6) is 11.5 Å². The van der Waals surface area contributed by atoms with Gasteiger partial charge in [-0.1, -0.05) is 49.4 Å². The first-order chi connectivity index (χ1) is 15.5. The van der Waals surface area contributed by atoms with E-state index in [0.717, 1.165) is 5.56 Å². The average molecular weight is 428 g/mol. The third-order valence-corrected chi connectivity index (χ3v) is 5.87. The molecule has 4 rings (SSSR count). The lowest BCUT2D eigenvalue weighted by molar-refractivity contribution is -0.138. The largest absolute Gasteiger partial charge is 0.457 e. The number of amides is 3. The Labute approximate surface area is 186 Å². The summed E-state index contributed by atoms with van der Waals surface area (Å²) in [4.78, 5) is 37.1. The highest BCUT2D eigenvalue weighted by atomic mass is 16.5. The van der Waals surface area contributed by atoms with Crippen molar-refractivity contribution in [2.24, 2.45) is 0 Å². The third kappa shape index (κ3) is 4.25. The van der Waals surface area contributed by atoms with Crippen LogP contribution in [0, 0.1) is 0 Å². The van der Waals surface area contributed by atoms with Crippen molar-refractivity contribution in [3.63, 3.8) is 0 Å². The zero-order valence-corrected chi connectivity index (χ0v) is 17.8. The fraction of sp³-hybridized carbons (Fsp3) is 0.192. The fourth-order valence-electron chi connectivity index (χ4n) is 4.00. The molecule has 0 spiro atoms. The van der Waals surface area contributed by atoms with Gasteiger partial charge in [0.2, 0.25) is 11.8 Å². The molecule has 1 aliphatic heterocycles. The number of ether oxygens (including phenoxy) is 1. The van der Waals surface area contributed by atoms with Gasteiger partial charge in [0.15, 0.2) is 0 Å². The Morgan fingerprint density at radius 1 is 0.969 bits per heavy atom. The Morgan fingerprint density at radius 3 is 2.34 bits per heavy atom. The van der Waals surface area contributed by atoms with E-state index in [0.29, 0.717) is 42.0 Å². The number of hydrogen-bond donors (Lipinski definition) is 2. The molecule has 1 unspecified atom stereocenters. The number of carbonyl (C=O) groups is 3. The maximum Gasteiger partial charge on any atom is 0.259 e. The molecule has 2 N–H and O–H groups in total. The van der Waals surface area contributed by atoms with Crippen LogP contribution in [-0.4, -0.2) is 17.7 Å². The first-order valence-corrected chi connectivity index (χ1v) is 10.6. The van der Waals surface area contributed by atoms with Gasteiger partial charge in [0.1, 0.15) is 11.5 Å². The smallest absolute Gasteiger partial charge is 0.259 e. The molecule has 6 heteroatoms. The van der Waals surface area contributed by atoms with Crippen LogP contribution in [0.2, 0.25) is 0 Å². The van der Waals surface area contributed by atoms with Crippen molar-refractivity contribution in [1.82, 2.24) is 5.32 Å². The molecule has 3 aromatic carbocycles. The van der Waals surface area contributed by atoms with Crippen LogP contribution in [0.1, 0.15) is 42.1 Å². The van der Waals surface area contributed by atoms with Gasteiger partial charge in [-0.3, -0.25) is 19.7 Å². The van der Waals surface area contributed by atoms with E-state index in [1.54, 1.807) is 30.3 Å². The molecule has 162 valence electrons. The summed E-state index contributed by atoms with van der Waals surface area (Å²) >= 11 is 0. The summed E-state index contributed by atoms with van der Waals surface area (Å²) in [5.74, 6) is 0.308. The predicted molar refractivity (Wildman–Crippen MR) is 122 cm³/mol. The van der Waals surface area contributed by atoms with Gasteiger partial charge < -0.3 is 10.1 Å². The molecule has 0 aliphatic carbocycles. The topological polar surface area (TPSA) is 84.5 Å². The van der Waals surface area contributed by atoms with Crippen LogP contribution < -0.4 is 15.4 Å². The number of rotatable bonds is 6. The van der Waals surface area contributed by atoms with Crippen molar-refractivity contribution in [1.29, 1.82) is 0 Å². The van der Waals surface area contributed by atoms with Gasteiger partial charge in [-0.25, -0.2) is 0 Å². The molecule has 1 fully saturated rings. The van der Waals surface area contributed by atoms with Crippen molar-refractivity contribution in [3.05, 3.63) is 90.0 Å². The number of anilines is 1. The number of benzene rings is 3. The molecule has 1 atom stereocenters. The number of carbonyl (C=O) groups excluding carboxylic acids is 3. The number of piperidine rings is 1.